The van der Waals surface area contributed by atoms with E-state index in [1.807, 2.05) is 80.6 Å². The summed E-state index contributed by atoms with van der Waals surface area (Å²) in [5.74, 6) is 0.227. The molecule has 0 spiro atoms. The Balaban J connectivity index is 1.60. The van der Waals surface area contributed by atoms with Crippen molar-refractivity contribution in [3.05, 3.63) is 113 Å². The van der Waals surface area contributed by atoms with Crippen LogP contribution < -0.4 is 14.4 Å². The van der Waals surface area contributed by atoms with Gasteiger partial charge < -0.3 is 10.1 Å². The molecule has 0 bridgehead atoms. The maximum atomic E-state index is 13.2. The maximum Gasteiger partial charge on any atom is 0.255 e. The van der Waals surface area contributed by atoms with Crippen molar-refractivity contribution in [2.24, 2.45) is 0 Å². The molecule has 190 valence electrons. The van der Waals surface area contributed by atoms with Gasteiger partial charge in [0, 0.05) is 5.56 Å². The lowest BCUT2D eigenvalue weighted by Crippen LogP contribution is -2.29. The van der Waals surface area contributed by atoms with Crippen molar-refractivity contribution in [1.82, 2.24) is 0 Å². The van der Waals surface area contributed by atoms with Gasteiger partial charge in [-0.15, -0.1) is 0 Å². The number of nitrogens with one attached hydrogen (secondary N) is 1. The predicted octanol–water partition coefficient (Wildman–Crippen LogP) is 6.20. The van der Waals surface area contributed by atoms with E-state index in [9.17, 15) is 13.2 Å². The van der Waals surface area contributed by atoms with Gasteiger partial charge in [-0.05, 0) is 78.1 Å². The molecule has 0 radical (unpaired) electrons. The first-order chi connectivity index (χ1) is 17.7. The normalized spacial score (nSPS) is 11.1. The van der Waals surface area contributed by atoms with Crippen LogP contribution in [0.1, 0.15) is 27.0 Å². The molecule has 0 heterocycles. The second-order valence-electron chi connectivity index (χ2n) is 8.97. The third-order valence-corrected chi connectivity index (χ3v) is 7.39. The molecule has 0 unspecified atom stereocenters. The molecule has 0 saturated carbocycles. The number of rotatable bonds is 8. The van der Waals surface area contributed by atoms with E-state index in [0.717, 1.165) is 22.3 Å². The van der Waals surface area contributed by atoms with Crippen molar-refractivity contribution in [2.75, 3.05) is 23.0 Å². The van der Waals surface area contributed by atoms with Gasteiger partial charge in [-0.25, -0.2) is 8.42 Å². The zero-order valence-electron chi connectivity index (χ0n) is 21.4. The van der Waals surface area contributed by atoms with Gasteiger partial charge in [-0.2, -0.15) is 0 Å². The Kier molecular flexibility index (Phi) is 7.64. The van der Waals surface area contributed by atoms with Gasteiger partial charge in [0.15, 0.2) is 0 Å². The largest absolute Gasteiger partial charge is 0.495 e. The van der Waals surface area contributed by atoms with E-state index in [2.05, 4.69) is 5.32 Å². The van der Waals surface area contributed by atoms with Gasteiger partial charge in [-0.3, -0.25) is 9.10 Å². The van der Waals surface area contributed by atoms with Crippen molar-refractivity contribution in [2.45, 2.75) is 20.4 Å². The van der Waals surface area contributed by atoms with E-state index in [-0.39, 0.29) is 12.5 Å². The van der Waals surface area contributed by atoms with Crippen LogP contribution in [0.3, 0.4) is 0 Å². The molecular weight excluding hydrogens is 484 g/mol. The Hall–Kier alpha value is -4.10. The lowest BCUT2D eigenvalue weighted by atomic mass is 10.0. The molecular formula is C30H30N2O4S. The Morgan fingerprint density at radius 2 is 1.59 bits per heavy atom. The third-order valence-electron chi connectivity index (χ3n) is 6.25. The Bertz CT molecular complexity index is 1530. The van der Waals surface area contributed by atoms with E-state index in [0.29, 0.717) is 28.3 Å². The van der Waals surface area contributed by atoms with Gasteiger partial charge in [0.1, 0.15) is 5.75 Å². The van der Waals surface area contributed by atoms with Crippen LogP contribution in [0.2, 0.25) is 0 Å². The van der Waals surface area contributed by atoms with Crippen molar-refractivity contribution in [1.29, 1.82) is 0 Å². The molecule has 0 saturated heterocycles. The highest BCUT2D eigenvalue weighted by Crippen LogP contribution is 2.31. The van der Waals surface area contributed by atoms with Crippen molar-refractivity contribution in [3.63, 3.8) is 0 Å². The first kappa shape index (κ1) is 26.0. The van der Waals surface area contributed by atoms with Gasteiger partial charge >= 0.3 is 0 Å². The Labute approximate surface area is 218 Å². The second-order valence-corrected chi connectivity index (χ2v) is 10.9. The van der Waals surface area contributed by atoms with Crippen LogP contribution in [0.4, 0.5) is 11.4 Å². The highest BCUT2D eigenvalue weighted by molar-refractivity contribution is 7.92. The van der Waals surface area contributed by atoms with Crippen molar-refractivity contribution >= 4 is 27.3 Å². The topological polar surface area (TPSA) is 75.7 Å². The highest BCUT2D eigenvalue weighted by atomic mass is 32.2. The lowest BCUT2D eigenvalue weighted by Gasteiger charge is -2.23. The molecule has 0 atom stereocenters. The summed E-state index contributed by atoms with van der Waals surface area (Å²) in [6.07, 6.45) is 1.19. The number of hydrogen-bond acceptors (Lipinski definition) is 4. The van der Waals surface area contributed by atoms with Gasteiger partial charge in [0.2, 0.25) is 10.0 Å². The lowest BCUT2D eigenvalue weighted by molar-refractivity contribution is 0.102. The zero-order valence-corrected chi connectivity index (χ0v) is 22.2. The molecule has 7 heteroatoms. The zero-order chi connectivity index (χ0) is 26.6. The highest BCUT2D eigenvalue weighted by Gasteiger charge is 2.19. The molecule has 4 rings (SSSR count). The fourth-order valence-corrected chi connectivity index (χ4v) is 4.95. The van der Waals surface area contributed by atoms with Gasteiger partial charge in [0.25, 0.3) is 5.91 Å². The monoisotopic (exact) mass is 514 g/mol. The van der Waals surface area contributed by atoms with E-state index in [1.54, 1.807) is 31.4 Å². The Morgan fingerprint density at radius 3 is 2.27 bits per heavy atom. The molecule has 0 aliphatic heterocycles. The molecule has 4 aromatic rings. The van der Waals surface area contributed by atoms with Crippen LogP contribution in [0, 0.1) is 13.8 Å². The first-order valence-corrected chi connectivity index (χ1v) is 13.7. The summed E-state index contributed by atoms with van der Waals surface area (Å²) < 4.78 is 32.1. The number of aryl methyl sites for hydroxylation is 2. The third kappa shape index (κ3) is 6.19. The first-order valence-electron chi connectivity index (χ1n) is 11.8. The molecule has 1 amide bonds. The number of hydrogen-bond donors (Lipinski definition) is 1. The summed E-state index contributed by atoms with van der Waals surface area (Å²) in [5, 5.41) is 2.95. The summed E-state index contributed by atoms with van der Waals surface area (Å²) in [6.45, 7) is 4.04. The maximum absolute atomic E-state index is 13.2. The van der Waals surface area contributed by atoms with Gasteiger partial charge in [0.05, 0.1) is 31.3 Å². The van der Waals surface area contributed by atoms with Crippen LogP contribution in [-0.2, 0) is 16.6 Å². The number of sulfonamides is 1. The Morgan fingerprint density at radius 1 is 0.838 bits per heavy atom. The molecule has 0 aromatic heterocycles. The molecule has 0 aliphatic rings. The molecule has 6 nitrogen and oxygen atoms in total. The summed E-state index contributed by atoms with van der Waals surface area (Å²) in [5.41, 5.74) is 6.31. The molecule has 1 N–H and O–H groups in total. The molecule has 0 aliphatic carbocycles. The van der Waals surface area contributed by atoms with Crippen LogP contribution in [0.25, 0.3) is 11.1 Å². The fourth-order valence-electron chi connectivity index (χ4n) is 4.07. The van der Waals surface area contributed by atoms with Gasteiger partial charge in [-0.1, -0.05) is 54.6 Å². The number of amides is 1. The van der Waals surface area contributed by atoms with Crippen LogP contribution in [-0.4, -0.2) is 27.7 Å². The number of anilines is 2. The molecule has 37 heavy (non-hydrogen) atoms. The fraction of sp³-hybridized carbons (Fsp3) is 0.167. The van der Waals surface area contributed by atoms with Crippen molar-refractivity contribution < 1.29 is 17.9 Å². The van der Waals surface area contributed by atoms with E-state index in [4.69, 9.17) is 4.74 Å². The number of methoxy groups -OCH3 is 1. The summed E-state index contributed by atoms with van der Waals surface area (Å²) in [7, 11) is -2.00. The van der Waals surface area contributed by atoms with E-state index in [1.165, 1.54) is 10.6 Å². The molecule has 0 fully saturated rings. The number of nitrogens with zero attached hydrogens (tertiary/aromatic N) is 1. The van der Waals surface area contributed by atoms with Crippen LogP contribution >= 0.6 is 0 Å². The average Bonchev–Trinajstić information content (AvgIpc) is 2.89. The molecule has 4 aromatic carbocycles. The summed E-state index contributed by atoms with van der Waals surface area (Å²) in [6, 6.07) is 28.1. The quantitative estimate of drug-likeness (QED) is 0.304. The number of ether oxygens (including phenoxy) is 1. The second kappa shape index (κ2) is 10.9. The smallest absolute Gasteiger partial charge is 0.255 e. The van der Waals surface area contributed by atoms with Crippen LogP contribution in [0.5, 0.6) is 5.75 Å². The van der Waals surface area contributed by atoms with Crippen molar-refractivity contribution in [3.8, 4) is 16.9 Å². The minimum Gasteiger partial charge on any atom is -0.495 e. The van der Waals surface area contributed by atoms with E-state index < -0.39 is 10.0 Å². The average molecular weight is 515 g/mol. The van der Waals surface area contributed by atoms with Crippen LogP contribution in [0.15, 0.2) is 91.0 Å². The minimum absolute atomic E-state index is 0.106. The number of carbonyl (C=O) groups is 1. The number of carbonyl (C=O) groups excluding carboxylic acids is 1. The minimum atomic E-state index is -3.55. The SMILES string of the molecule is COc1ccc(-c2ccccc2)cc1NC(=O)c1cccc(CN(c2ccc(C)c(C)c2)S(C)(=O)=O)c1. The predicted molar refractivity (Wildman–Crippen MR) is 150 cm³/mol. The standard InChI is InChI=1S/C30H30N2O4S/c1-21-13-15-27(17-22(21)2)32(37(4,34)35)20-23-9-8-12-26(18-23)30(33)31-28-19-25(14-16-29(28)36-3)24-10-6-5-7-11-24/h5-19H,20H2,1-4H3,(H,31,33). The summed E-state index contributed by atoms with van der Waals surface area (Å²) in [4.78, 5) is 13.2. The van der Waals surface area contributed by atoms with E-state index >= 15 is 0 Å². The summed E-state index contributed by atoms with van der Waals surface area (Å²) >= 11 is 0. The number of benzene rings is 4.